The topological polar surface area (TPSA) is 41.6 Å². The van der Waals surface area contributed by atoms with Gasteiger partial charge < -0.3 is 15.0 Å². The molecular formula is C15H18N2O2. The third kappa shape index (κ3) is 3.23. The van der Waals surface area contributed by atoms with E-state index in [0.29, 0.717) is 13.2 Å². The van der Waals surface area contributed by atoms with Gasteiger partial charge in [0.2, 0.25) is 0 Å². The SMILES string of the molecule is COCCN(C)C(=O)Nc1cccc2ccccc12. The summed E-state index contributed by atoms with van der Waals surface area (Å²) in [7, 11) is 3.37. The Kier molecular flexibility index (Phi) is 4.36. The van der Waals surface area contributed by atoms with Crippen LogP contribution in [0.15, 0.2) is 42.5 Å². The number of benzene rings is 2. The van der Waals surface area contributed by atoms with E-state index >= 15 is 0 Å². The quantitative estimate of drug-likeness (QED) is 0.916. The minimum Gasteiger partial charge on any atom is -0.383 e. The number of amides is 2. The second kappa shape index (κ2) is 6.20. The summed E-state index contributed by atoms with van der Waals surface area (Å²) in [6.45, 7) is 1.09. The first-order chi connectivity index (χ1) is 9.22. The number of carbonyl (C=O) groups is 1. The minimum absolute atomic E-state index is 0.131. The fraction of sp³-hybridized carbons (Fsp3) is 0.267. The molecule has 2 aromatic rings. The molecule has 0 unspecified atom stereocenters. The van der Waals surface area contributed by atoms with E-state index in [1.165, 1.54) is 0 Å². The van der Waals surface area contributed by atoms with Gasteiger partial charge >= 0.3 is 6.03 Å². The lowest BCUT2D eigenvalue weighted by Gasteiger charge is -2.18. The number of anilines is 1. The van der Waals surface area contributed by atoms with Crippen LogP contribution >= 0.6 is 0 Å². The summed E-state index contributed by atoms with van der Waals surface area (Å²) in [4.78, 5) is 13.6. The minimum atomic E-state index is -0.131. The molecule has 0 aliphatic rings. The molecule has 2 amide bonds. The molecule has 0 aliphatic carbocycles. The second-order valence-electron chi connectivity index (χ2n) is 4.37. The highest BCUT2D eigenvalue weighted by Gasteiger charge is 2.09. The van der Waals surface area contributed by atoms with Gasteiger partial charge in [0.1, 0.15) is 0 Å². The van der Waals surface area contributed by atoms with E-state index in [9.17, 15) is 4.79 Å². The van der Waals surface area contributed by atoms with Gasteiger partial charge in [-0.05, 0) is 11.5 Å². The molecule has 0 aliphatic heterocycles. The average molecular weight is 258 g/mol. The van der Waals surface area contributed by atoms with Crippen LogP contribution < -0.4 is 5.32 Å². The highest BCUT2D eigenvalue weighted by molar-refractivity contribution is 6.01. The molecule has 4 nitrogen and oxygen atoms in total. The van der Waals surface area contributed by atoms with Gasteiger partial charge in [0.15, 0.2) is 0 Å². The average Bonchev–Trinajstić information content (AvgIpc) is 2.45. The monoisotopic (exact) mass is 258 g/mol. The van der Waals surface area contributed by atoms with Gasteiger partial charge in [-0.3, -0.25) is 0 Å². The first kappa shape index (κ1) is 13.4. The van der Waals surface area contributed by atoms with Crippen LogP contribution in [-0.4, -0.2) is 38.2 Å². The van der Waals surface area contributed by atoms with Crippen molar-refractivity contribution in [1.82, 2.24) is 4.90 Å². The smallest absolute Gasteiger partial charge is 0.321 e. The zero-order chi connectivity index (χ0) is 13.7. The number of hydrogen-bond acceptors (Lipinski definition) is 2. The van der Waals surface area contributed by atoms with Crippen molar-refractivity contribution >= 4 is 22.5 Å². The Bertz CT molecular complexity index is 564. The highest BCUT2D eigenvalue weighted by atomic mass is 16.5. The lowest BCUT2D eigenvalue weighted by atomic mass is 10.1. The Morgan fingerprint density at radius 2 is 1.95 bits per heavy atom. The van der Waals surface area contributed by atoms with Crippen molar-refractivity contribution in [3.63, 3.8) is 0 Å². The van der Waals surface area contributed by atoms with Crippen LogP contribution in [-0.2, 0) is 4.74 Å². The second-order valence-corrected chi connectivity index (χ2v) is 4.37. The molecule has 0 saturated carbocycles. The van der Waals surface area contributed by atoms with Gasteiger partial charge in [0, 0.05) is 26.1 Å². The van der Waals surface area contributed by atoms with Crippen LogP contribution in [0.25, 0.3) is 10.8 Å². The predicted molar refractivity (Wildman–Crippen MR) is 77.5 cm³/mol. The molecule has 0 fully saturated rings. The fourth-order valence-electron chi connectivity index (χ4n) is 1.87. The van der Waals surface area contributed by atoms with E-state index in [0.717, 1.165) is 16.5 Å². The predicted octanol–water partition coefficient (Wildman–Crippen LogP) is 2.95. The Labute approximate surface area is 113 Å². The summed E-state index contributed by atoms with van der Waals surface area (Å²) in [5, 5.41) is 5.08. The Hall–Kier alpha value is -2.07. The molecule has 0 aromatic heterocycles. The maximum atomic E-state index is 12.0. The maximum Gasteiger partial charge on any atom is 0.321 e. The molecule has 0 saturated heterocycles. The molecule has 19 heavy (non-hydrogen) atoms. The summed E-state index contributed by atoms with van der Waals surface area (Å²) in [5.41, 5.74) is 0.826. The van der Waals surface area contributed by atoms with Gasteiger partial charge in [0.25, 0.3) is 0 Å². The fourth-order valence-corrected chi connectivity index (χ4v) is 1.87. The van der Waals surface area contributed by atoms with Crippen molar-refractivity contribution in [2.24, 2.45) is 0 Å². The highest BCUT2D eigenvalue weighted by Crippen LogP contribution is 2.23. The summed E-state index contributed by atoms with van der Waals surface area (Å²) >= 11 is 0. The van der Waals surface area contributed by atoms with Crippen LogP contribution in [0.4, 0.5) is 10.5 Å². The molecule has 2 rings (SSSR count). The van der Waals surface area contributed by atoms with Gasteiger partial charge in [-0.15, -0.1) is 0 Å². The van der Waals surface area contributed by atoms with E-state index in [1.54, 1.807) is 19.1 Å². The van der Waals surface area contributed by atoms with E-state index in [2.05, 4.69) is 5.32 Å². The Balaban J connectivity index is 2.15. The number of hydrogen-bond donors (Lipinski definition) is 1. The van der Waals surface area contributed by atoms with Crippen molar-refractivity contribution in [2.75, 3.05) is 32.6 Å². The van der Waals surface area contributed by atoms with Gasteiger partial charge in [-0.2, -0.15) is 0 Å². The molecule has 0 spiro atoms. The van der Waals surface area contributed by atoms with E-state index in [-0.39, 0.29) is 6.03 Å². The van der Waals surface area contributed by atoms with Crippen molar-refractivity contribution in [3.8, 4) is 0 Å². The summed E-state index contributed by atoms with van der Waals surface area (Å²) < 4.78 is 4.96. The van der Waals surface area contributed by atoms with Gasteiger partial charge in [0.05, 0.1) is 12.3 Å². The summed E-state index contributed by atoms with van der Waals surface area (Å²) in [5.74, 6) is 0. The zero-order valence-electron chi connectivity index (χ0n) is 11.2. The van der Waals surface area contributed by atoms with Gasteiger partial charge in [-0.25, -0.2) is 4.79 Å². The van der Waals surface area contributed by atoms with Gasteiger partial charge in [-0.1, -0.05) is 36.4 Å². The molecule has 2 aromatic carbocycles. The first-order valence-electron chi connectivity index (χ1n) is 6.21. The largest absolute Gasteiger partial charge is 0.383 e. The van der Waals surface area contributed by atoms with Crippen molar-refractivity contribution < 1.29 is 9.53 Å². The number of urea groups is 1. The van der Waals surface area contributed by atoms with E-state index in [4.69, 9.17) is 4.74 Å². The number of rotatable bonds is 4. The van der Waals surface area contributed by atoms with E-state index < -0.39 is 0 Å². The molecule has 0 heterocycles. The number of nitrogens with one attached hydrogen (secondary N) is 1. The standard InChI is InChI=1S/C15H18N2O2/c1-17(10-11-19-2)15(18)16-14-9-5-7-12-6-3-4-8-13(12)14/h3-9H,10-11H2,1-2H3,(H,16,18). The molecule has 1 N–H and O–H groups in total. The number of fused-ring (bicyclic) bond motifs is 1. The molecule has 0 atom stereocenters. The number of ether oxygens (including phenoxy) is 1. The number of carbonyl (C=O) groups excluding carboxylic acids is 1. The lowest BCUT2D eigenvalue weighted by Crippen LogP contribution is -2.33. The van der Waals surface area contributed by atoms with Crippen molar-refractivity contribution in [1.29, 1.82) is 0 Å². The maximum absolute atomic E-state index is 12.0. The third-order valence-electron chi connectivity index (χ3n) is 3.01. The Morgan fingerprint density at radius 1 is 1.21 bits per heavy atom. The molecule has 0 radical (unpaired) electrons. The van der Waals surface area contributed by atoms with Crippen LogP contribution in [0, 0.1) is 0 Å². The van der Waals surface area contributed by atoms with Crippen LogP contribution in [0.2, 0.25) is 0 Å². The number of nitrogens with zero attached hydrogens (tertiary/aromatic N) is 1. The third-order valence-corrected chi connectivity index (χ3v) is 3.01. The van der Waals surface area contributed by atoms with Crippen molar-refractivity contribution in [2.45, 2.75) is 0 Å². The molecule has 100 valence electrons. The molecule has 4 heteroatoms. The normalized spacial score (nSPS) is 10.4. The van der Waals surface area contributed by atoms with Crippen molar-refractivity contribution in [3.05, 3.63) is 42.5 Å². The zero-order valence-corrected chi connectivity index (χ0v) is 11.2. The van der Waals surface area contributed by atoms with Crippen LogP contribution in [0.5, 0.6) is 0 Å². The number of likely N-dealkylation sites (N-methyl/N-ethyl adjacent to an activating group) is 1. The lowest BCUT2D eigenvalue weighted by molar-refractivity contribution is 0.165. The van der Waals surface area contributed by atoms with Crippen LogP contribution in [0.3, 0.4) is 0 Å². The summed E-state index contributed by atoms with van der Waals surface area (Å²) in [6, 6.07) is 13.7. The summed E-state index contributed by atoms with van der Waals surface area (Å²) in [6.07, 6.45) is 0. The number of methoxy groups -OCH3 is 1. The first-order valence-corrected chi connectivity index (χ1v) is 6.21. The molecule has 0 bridgehead atoms. The Morgan fingerprint density at radius 3 is 2.74 bits per heavy atom. The van der Waals surface area contributed by atoms with Crippen LogP contribution in [0.1, 0.15) is 0 Å². The molecular weight excluding hydrogens is 240 g/mol. The van der Waals surface area contributed by atoms with E-state index in [1.807, 2.05) is 42.5 Å².